The number of carbonyl (C=O) groups excluding carboxylic acids is 1. The lowest BCUT2D eigenvalue weighted by atomic mass is 10.2. The van der Waals surface area contributed by atoms with Crippen molar-refractivity contribution in [1.82, 2.24) is 5.32 Å². The van der Waals surface area contributed by atoms with Gasteiger partial charge < -0.3 is 10.1 Å². The highest BCUT2D eigenvalue weighted by Gasteiger charge is 2.26. The molecule has 1 N–H and O–H groups in total. The molecule has 0 aromatic heterocycles. The number of benzene rings is 1. The Bertz CT molecular complexity index is 393. The van der Waals surface area contributed by atoms with Crippen LogP contribution in [0.25, 0.3) is 0 Å². The van der Waals surface area contributed by atoms with Crippen LogP contribution in [0.3, 0.4) is 0 Å². The van der Waals surface area contributed by atoms with Gasteiger partial charge in [0, 0.05) is 12.1 Å². The Labute approximate surface area is 85.0 Å². The highest BCUT2D eigenvalue weighted by atomic mass is 16.6. The van der Waals surface area contributed by atoms with Gasteiger partial charge >= 0.3 is 0 Å². The molecule has 78 valence electrons. The number of amides is 1. The monoisotopic (exact) mass is 208 g/mol. The number of nitro groups is 1. The van der Waals surface area contributed by atoms with E-state index < -0.39 is 4.92 Å². The van der Waals surface area contributed by atoms with E-state index in [1.165, 1.54) is 24.3 Å². The molecule has 0 saturated carbocycles. The van der Waals surface area contributed by atoms with Crippen molar-refractivity contribution in [3.8, 4) is 5.75 Å². The molecule has 6 heteroatoms. The average molecular weight is 208 g/mol. The minimum Gasteiger partial charge on any atom is -0.470 e. The molecule has 0 bridgehead atoms. The summed E-state index contributed by atoms with van der Waals surface area (Å²) in [4.78, 5) is 20.4. The summed E-state index contributed by atoms with van der Waals surface area (Å²) in [5.41, 5.74) is 0.0139. The number of hydrogen-bond donors (Lipinski definition) is 1. The van der Waals surface area contributed by atoms with Crippen LogP contribution in [0.4, 0.5) is 5.69 Å². The molecule has 15 heavy (non-hydrogen) atoms. The lowest BCUT2D eigenvalue weighted by Crippen LogP contribution is -2.51. The van der Waals surface area contributed by atoms with E-state index in [0.717, 1.165) is 0 Å². The predicted molar refractivity (Wildman–Crippen MR) is 50.3 cm³/mol. The Morgan fingerprint density at radius 3 is 2.47 bits per heavy atom. The van der Waals surface area contributed by atoms with Gasteiger partial charge in [-0.05, 0) is 12.1 Å². The third kappa shape index (κ3) is 2.04. The van der Waals surface area contributed by atoms with E-state index in [1.54, 1.807) is 0 Å². The van der Waals surface area contributed by atoms with Gasteiger partial charge in [-0.1, -0.05) is 0 Å². The van der Waals surface area contributed by atoms with Gasteiger partial charge in [-0.25, -0.2) is 0 Å². The minimum atomic E-state index is -0.477. The number of β-lactam (4-membered cyclic amide) rings is 1. The number of carbonyl (C=O) groups is 1. The first kappa shape index (κ1) is 9.45. The van der Waals surface area contributed by atoms with Crippen molar-refractivity contribution in [2.75, 3.05) is 0 Å². The Morgan fingerprint density at radius 2 is 2.00 bits per heavy atom. The van der Waals surface area contributed by atoms with Gasteiger partial charge in [0.05, 0.1) is 11.3 Å². The molecule has 1 amide bonds. The van der Waals surface area contributed by atoms with Crippen LogP contribution in [0.1, 0.15) is 6.42 Å². The van der Waals surface area contributed by atoms with E-state index >= 15 is 0 Å². The molecule has 0 unspecified atom stereocenters. The third-order valence-electron chi connectivity index (χ3n) is 2.02. The van der Waals surface area contributed by atoms with Gasteiger partial charge in [-0.3, -0.25) is 14.9 Å². The molecular weight excluding hydrogens is 200 g/mol. The first-order chi connectivity index (χ1) is 7.15. The predicted octanol–water partition coefficient (Wildman–Crippen LogP) is 0.820. The molecule has 0 aliphatic carbocycles. The lowest BCUT2D eigenvalue weighted by Gasteiger charge is -2.27. The highest BCUT2D eigenvalue weighted by Crippen LogP contribution is 2.19. The van der Waals surface area contributed by atoms with Crippen molar-refractivity contribution in [2.45, 2.75) is 12.6 Å². The Balaban J connectivity index is 1.98. The van der Waals surface area contributed by atoms with Crippen molar-refractivity contribution < 1.29 is 14.5 Å². The fourth-order valence-electron chi connectivity index (χ4n) is 1.21. The van der Waals surface area contributed by atoms with E-state index in [4.69, 9.17) is 4.74 Å². The molecule has 1 aliphatic heterocycles. The zero-order chi connectivity index (χ0) is 10.8. The van der Waals surface area contributed by atoms with Crippen molar-refractivity contribution in [1.29, 1.82) is 0 Å². The van der Waals surface area contributed by atoms with E-state index in [0.29, 0.717) is 12.2 Å². The molecule has 1 atom stereocenters. The first-order valence-corrected chi connectivity index (χ1v) is 4.35. The molecule has 2 rings (SSSR count). The van der Waals surface area contributed by atoms with Crippen LogP contribution in [-0.4, -0.2) is 17.1 Å². The summed E-state index contributed by atoms with van der Waals surface area (Å²) in [6.45, 7) is 0. The maximum absolute atomic E-state index is 10.6. The fraction of sp³-hybridized carbons (Fsp3) is 0.222. The third-order valence-corrected chi connectivity index (χ3v) is 2.02. The second-order valence-corrected chi connectivity index (χ2v) is 3.13. The zero-order valence-corrected chi connectivity index (χ0v) is 7.67. The largest absolute Gasteiger partial charge is 0.470 e. The maximum Gasteiger partial charge on any atom is 0.269 e. The van der Waals surface area contributed by atoms with E-state index in [-0.39, 0.29) is 17.8 Å². The van der Waals surface area contributed by atoms with Crippen LogP contribution >= 0.6 is 0 Å². The molecule has 1 aliphatic rings. The first-order valence-electron chi connectivity index (χ1n) is 4.35. The number of nitrogens with zero attached hydrogens (tertiary/aromatic N) is 1. The summed E-state index contributed by atoms with van der Waals surface area (Å²) in [6.07, 6.45) is 0.0238. The maximum atomic E-state index is 10.6. The highest BCUT2D eigenvalue weighted by molar-refractivity contribution is 5.82. The topological polar surface area (TPSA) is 81.5 Å². The number of nitro benzene ring substituents is 1. The Hall–Kier alpha value is -2.11. The quantitative estimate of drug-likeness (QED) is 0.453. The summed E-state index contributed by atoms with van der Waals surface area (Å²) >= 11 is 0. The summed E-state index contributed by atoms with van der Waals surface area (Å²) in [5, 5.41) is 12.9. The van der Waals surface area contributed by atoms with E-state index in [1.807, 2.05) is 0 Å². The minimum absolute atomic E-state index is 0.0139. The molecule has 1 saturated heterocycles. The number of non-ortho nitro benzene ring substituents is 1. The van der Waals surface area contributed by atoms with Gasteiger partial charge in [-0.15, -0.1) is 0 Å². The van der Waals surface area contributed by atoms with E-state index in [2.05, 4.69) is 5.32 Å². The molecule has 1 aromatic carbocycles. The molecule has 0 spiro atoms. The Morgan fingerprint density at radius 1 is 1.40 bits per heavy atom. The van der Waals surface area contributed by atoms with Crippen LogP contribution in [0, 0.1) is 10.1 Å². The van der Waals surface area contributed by atoms with Gasteiger partial charge in [0.25, 0.3) is 5.69 Å². The smallest absolute Gasteiger partial charge is 0.269 e. The number of hydrogen-bond acceptors (Lipinski definition) is 4. The van der Waals surface area contributed by atoms with Gasteiger partial charge in [-0.2, -0.15) is 0 Å². The fourth-order valence-corrected chi connectivity index (χ4v) is 1.21. The summed E-state index contributed by atoms with van der Waals surface area (Å²) in [5.74, 6) is 0.451. The SMILES string of the molecule is O=C1C[C@@H](Oc2ccc([N+](=O)[O-])cc2)N1. The summed E-state index contributed by atoms with van der Waals surface area (Å²) < 4.78 is 5.30. The van der Waals surface area contributed by atoms with Crippen LogP contribution in [0.2, 0.25) is 0 Å². The molecule has 1 heterocycles. The van der Waals surface area contributed by atoms with Crippen molar-refractivity contribution in [3.05, 3.63) is 34.4 Å². The molecule has 1 aromatic rings. The number of ether oxygens (including phenoxy) is 1. The lowest BCUT2D eigenvalue weighted by molar-refractivity contribution is -0.384. The van der Waals surface area contributed by atoms with Crippen LogP contribution in [0.5, 0.6) is 5.75 Å². The van der Waals surface area contributed by atoms with Crippen LogP contribution in [-0.2, 0) is 4.79 Å². The number of rotatable bonds is 3. The summed E-state index contributed by atoms with van der Waals surface area (Å²) in [7, 11) is 0. The van der Waals surface area contributed by atoms with E-state index in [9.17, 15) is 14.9 Å². The van der Waals surface area contributed by atoms with Gasteiger partial charge in [0.15, 0.2) is 6.23 Å². The number of nitrogens with one attached hydrogen (secondary N) is 1. The van der Waals surface area contributed by atoms with Gasteiger partial charge in [0.2, 0.25) is 5.91 Å². The zero-order valence-electron chi connectivity index (χ0n) is 7.67. The van der Waals surface area contributed by atoms with Crippen molar-refractivity contribution >= 4 is 11.6 Å². The van der Waals surface area contributed by atoms with Crippen molar-refractivity contribution in [2.24, 2.45) is 0 Å². The molecule has 0 radical (unpaired) electrons. The second-order valence-electron chi connectivity index (χ2n) is 3.13. The van der Waals surface area contributed by atoms with Crippen molar-refractivity contribution in [3.63, 3.8) is 0 Å². The standard InChI is InChI=1S/C9H8N2O4/c12-8-5-9(10-8)15-7-3-1-6(2-4-7)11(13)14/h1-4,9H,5H2,(H,10,12)/t9-/m1/s1. The Kier molecular flexibility index (Phi) is 2.24. The van der Waals surface area contributed by atoms with Crippen LogP contribution < -0.4 is 10.1 Å². The summed E-state index contributed by atoms with van der Waals surface area (Å²) in [6, 6.07) is 5.72. The van der Waals surface area contributed by atoms with Gasteiger partial charge in [0.1, 0.15) is 5.75 Å². The second kappa shape index (κ2) is 3.56. The molecular formula is C9H8N2O4. The van der Waals surface area contributed by atoms with Crippen LogP contribution in [0.15, 0.2) is 24.3 Å². The molecule has 6 nitrogen and oxygen atoms in total. The average Bonchev–Trinajstić information content (AvgIpc) is 2.16. The molecule has 1 fully saturated rings. The normalized spacial score (nSPS) is 18.9.